The first-order valence-electron chi connectivity index (χ1n) is 8.71. The molecule has 0 aliphatic carbocycles. The minimum absolute atomic E-state index is 0.106. The van der Waals surface area contributed by atoms with Gasteiger partial charge < -0.3 is 10.1 Å². The summed E-state index contributed by atoms with van der Waals surface area (Å²) < 4.78 is 31.7. The second-order valence-electron chi connectivity index (χ2n) is 6.34. The molecule has 0 saturated heterocycles. The number of carbonyl (C=O) groups excluding carboxylic acids is 2. The molecule has 3 aromatic rings. The molecule has 2 N–H and O–H groups in total. The largest absolute Gasteiger partial charge is 0.455 e. The number of nitrogens with zero attached hydrogens (tertiary/aromatic N) is 1. The second kappa shape index (κ2) is 8.59. The quantitative estimate of drug-likeness (QED) is 0.617. The Balaban J connectivity index is 1.57. The number of ether oxygens (including phenoxy) is 1. The Labute approximate surface area is 163 Å². The molecule has 0 radical (unpaired) electrons. The van der Waals surface area contributed by atoms with Gasteiger partial charge in [0, 0.05) is 17.0 Å². The van der Waals surface area contributed by atoms with Gasteiger partial charge in [-0.3, -0.25) is 14.4 Å². The first kappa shape index (κ1) is 20.1. The Morgan fingerprint density at radius 2 is 1.90 bits per heavy atom. The average Bonchev–Trinajstić information content (AvgIpc) is 2.68. The molecular formula is C20H17F2N3O4. The Bertz CT molecular complexity index is 1130. The van der Waals surface area contributed by atoms with Gasteiger partial charge in [0.2, 0.25) is 0 Å². The highest BCUT2D eigenvalue weighted by molar-refractivity contribution is 5.87. The summed E-state index contributed by atoms with van der Waals surface area (Å²) >= 11 is 0. The van der Waals surface area contributed by atoms with E-state index >= 15 is 0 Å². The van der Waals surface area contributed by atoms with Gasteiger partial charge in [-0.25, -0.2) is 13.9 Å². The van der Waals surface area contributed by atoms with Crippen LogP contribution in [0.25, 0.3) is 10.8 Å². The highest BCUT2D eigenvalue weighted by Crippen LogP contribution is 2.17. The number of H-pyrrole nitrogens is 1. The summed E-state index contributed by atoms with van der Waals surface area (Å²) in [5, 5.41) is 9.55. The zero-order chi connectivity index (χ0) is 21.0. The highest BCUT2D eigenvalue weighted by atomic mass is 19.1. The van der Waals surface area contributed by atoms with E-state index in [0.29, 0.717) is 16.5 Å². The summed E-state index contributed by atoms with van der Waals surface area (Å²) in [6, 6.07) is 8.96. The van der Waals surface area contributed by atoms with Gasteiger partial charge in [0.25, 0.3) is 11.5 Å². The van der Waals surface area contributed by atoms with E-state index in [2.05, 4.69) is 15.5 Å². The summed E-state index contributed by atoms with van der Waals surface area (Å²) in [6.45, 7) is 0.944. The number of fused-ring (bicyclic) bond motifs is 1. The van der Waals surface area contributed by atoms with Crippen molar-refractivity contribution in [3.05, 3.63) is 75.7 Å². The van der Waals surface area contributed by atoms with Crippen molar-refractivity contribution in [1.29, 1.82) is 0 Å². The van der Waals surface area contributed by atoms with E-state index in [9.17, 15) is 23.2 Å². The van der Waals surface area contributed by atoms with E-state index < -0.39 is 36.2 Å². The molecule has 150 valence electrons. The minimum Gasteiger partial charge on any atom is -0.455 e. The molecule has 7 nitrogen and oxygen atoms in total. The molecule has 3 rings (SSSR count). The van der Waals surface area contributed by atoms with E-state index in [1.807, 2.05) is 0 Å². The molecule has 0 bridgehead atoms. The lowest BCUT2D eigenvalue weighted by molar-refractivity contribution is -0.148. The Hall–Kier alpha value is -3.62. The smallest absolute Gasteiger partial charge is 0.312 e. The van der Waals surface area contributed by atoms with E-state index in [0.717, 1.165) is 12.1 Å². The van der Waals surface area contributed by atoms with Crippen LogP contribution in [0.3, 0.4) is 0 Å². The summed E-state index contributed by atoms with van der Waals surface area (Å²) in [5.41, 5.74) is 0.0430. The van der Waals surface area contributed by atoms with Crippen LogP contribution in [0.2, 0.25) is 0 Å². The Morgan fingerprint density at radius 3 is 2.62 bits per heavy atom. The monoisotopic (exact) mass is 401 g/mol. The van der Waals surface area contributed by atoms with Crippen LogP contribution in [0, 0.1) is 11.6 Å². The van der Waals surface area contributed by atoms with Gasteiger partial charge in [-0.2, -0.15) is 5.10 Å². The lowest BCUT2D eigenvalue weighted by atomic mass is 10.1. The molecule has 2 aromatic carbocycles. The van der Waals surface area contributed by atoms with Crippen LogP contribution in [-0.4, -0.2) is 28.7 Å². The summed E-state index contributed by atoms with van der Waals surface area (Å²) in [7, 11) is 0. The number of hydrogen-bond donors (Lipinski definition) is 2. The van der Waals surface area contributed by atoms with Crippen molar-refractivity contribution in [2.24, 2.45) is 0 Å². The normalized spacial score (nSPS) is 11.8. The SMILES string of the molecule is C[C@H](NC(=O)COC(=O)Cc1n[nH]c(=O)c2ccccc12)c1ccc(F)cc1F. The van der Waals surface area contributed by atoms with Crippen LogP contribution in [0.4, 0.5) is 8.78 Å². The van der Waals surface area contributed by atoms with Gasteiger partial charge >= 0.3 is 5.97 Å². The molecule has 1 atom stereocenters. The molecule has 0 saturated carbocycles. The minimum atomic E-state index is -0.786. The number of amides is 1. The molecule has 1 heterocycles. The van der Waals surface area contributed by atoms with Crippen molar-refractivity contribution in [3.8, 4) is 0 Å². The highest BCUT2D eigenvalue weighted by Gasteiger charge is 2.17. The molecule has 0 aliphatic heterocycles. The number of carbonyl (C=O) groups is 2. The van der Waals surface area contributed by atoms with Crippen molar-refractivity contribution in [1.82, 2.24) is 15.5 Å². The molecule has 29 heavy (non-hydrogen) atoms. The van der Waals surface area contributed by atoms with E-state index in [4.69, 9.17) is 4.74 Å². The number of hydrogen-bond acceptors (Lipinski definition) is 5. The standard InChI is InChI=1S/C20H17F2N3O4/c1-11(13-7-6-12(21)8-16(13)22)23-18(26)10-29-19(27)9-17-14-4-2-3-5-15(14)20(28)25-24-17/h2-8,11H,9-10H2,1H3,(H,23,26)(H,25,28)/t11-/m0/s1. The van der Waals surface area contributed by atoms with Gasteiger partial charge in [0.15, 0.2) is 6.61 Å². The van der Waals surface area contributed by atoms with E-state index in [1.165, 1.54) is 13.0 Å². The molecule has 0 unspecified atom stereocenters. The van der Waals surface area contributed by atoms with Crippen molar-refractivity contribution < 1.29 is 23.1 Å². The first-order valence-corrected chi connectivity index (χ1v) is 8.71. The van der Waals surface area contributed by atoms with Gasteiger partial charge in [0.05, 0.1) is 23.5 Å². The number of nitrogens with one attached hydrogen (secondary N) is 2. The van der Waals surface area contributed by atoms with Crippen molar-refractivity contribution in [2.45, 2.75) is 19.4 Å². The predicted molar refractivity (Wildman–Crippen MR) is 99.9 cm³/mol. The second-order valence-corrected chi connectivity index (χ2v) is 6.34. The number of aromatic amines is 1. The summed E-state index contributed by atoms with van der Waals surface area (Å²) in [4.78, 5) is 35.8. The van der Waals surface area contributed by atoms with Gasteiger partial charge in [-0.15, -0.1) is 0 Å². The Morgan fingerprint density at radius 1 is 1.17 bits per heavy atom. The van der Waals surface area contributed by atoms with Crippen molar-refractivity contribution in [2.75, 3.05) is 6.61 Å². The third-order valence-corrected chi connectivity index (χ3v) is 4.26. The Kier molecular flexibility index (Phi) is 5.96. The summed E-state index contributed by atoms with van der Waals surface area (Å²) in [6.07, 6.45) is -0.243. The van der Waals surface area contributed by atoms with Crippen molar-refractivity contribution in [3.63, 3.8) is 0 Å². The molecule has 9 heteroatoms. The van der Waals surface area contributed by atoms with Gasteiger partial charge in [-0.1, -0.05) is 24.3 Å². The maximum absolute atomic E-state index is 13.8. The molecule has 0 fully saturated rings. The van der Waals surface area contributed by atoms with Crippen molar-refractivity contribution >= 4 is 22.6 Å². The maximum atomic E-state index is 13.8. The fourth-order valence-corrected chi connectivity index (χ4v) is 2.85. The van der Waals surface area contributed by atoms with Crippen LogP contribution < -0.4 is 10.9 Å². The number of halogens is 2. The van der Waals surface area contributed by atoms with Gasteiger partial charge in [0.1, 0.15) is 11.6 Å². The molecule has 1 amide bonds. The first-order chi connectivity index (χ1) is 13.8. The van der Waals surface area contributed by atoms with Crippen LogP contribution in [0.15, 0.2) is 47.3 Å². The number of rotatable bonds is 6. The maximum Gasteiger partial charge on any atom is 0.312 e. The molecular weight excluding hydrogens is 384 g/mol. The zero-order valence-corrected chi connectivity index (χ0v) is 15.4. The van der Waals surface area contributed by atoms with E-state index in [-0.39, 0.29) is 17.5 Å². The lowest BCUT2D eigenvalue weighted by Gasteiger charge is -2.15. The topological polar surface area (TPSA) is 101 Å². The van der Waals surface area contributed by atoms with Crippen LogP contribution in [-0.2, 0) is 20.7 Å². The summed E-state index contributed by atoms with van der Waals surface area (Å²) in [5.74, 6) is -2.87. The number of benzene rings is 2. The lowest BCUT2D eigenvalue weighted by Crippen LogP contribution is -2.31. The van der Waals surface area contributed by atoms with Crippen LogP contribution in [0.5, 0.6) is 0 Å². The zero-order valence-electron chi connectivity index (χ0n) is 15.4. The van der Waals surface area contributed by atoms with Crippen LogP contribution in [0.1, 0.15) is 24.2 Å². The number of aromatic nitrogens is 2. The fraction of sp³-hybridized carbons (Fsp3) is 0.200. The fourth-order valence-electron chi connectivity index (χ4n) is 2.85. The third kappa shape index (κ3) is 4.81. The van der Waals surface area contributed by atoms with Gasteiger partial charge in [-0.05, 0) is 19.1 Å². The predicted octanol–water partition coefficient (Wildman–Crippen LogP) is 2.16. The average molecular weight is 401 g/mol. The molecule has 1 aromatic heterocycles. The van der Waals surface area contributed by atoms with E-state index in [1.54, 1.807) is 24.3 Å². The van der Waals surface area contributed by atoms with Crippen LogP contribution >= 0.6 is 0 Å². The number of esters is 1. The molecule has 0 spiro atoms. The molecule has 0 aliphatic rings. The third-order valence-electron chi connectivity index (χ3n) is 4.26.